The summed E-state index contributed by atoms with van der Waals surface area (Å²) in [6.45, 7) is 4.26. The van der Waals surface area contributed by atoms with Gasteiger partial charge in [0.25, 0.3) is 0 Å². The largest absolute Gasteiger partial charge is 0.497 e. The highest BCUT2D eigenvalue weighted by molar-refractivity contribution is 8.00. The monoisotopic (exact) mass is 371 g/mol. The lowest BCUT2D eigenvalue weighted by atomic mass is 9.98. The molecule has 2 aromatic rings. The van der Waals surface area contributed by atoms with Gasteiger partial charge in [-0.3, -0.25) is 4.79 Å². The first-order valence-electron chi connectivity index (χ1n) is 8.97. The highest BCUT2D eigenvalue weighted by Gasteiger charge is 2.27. The Morgan fingerprint density at radius 2 is 1.81 bits per heavy atom. The molecule has 1 heterocycles. The van der Waals surface area contributed by atoms with Crippen molar-refractivity contribution in [1.29, 1.82) is 0 Å². The number of benzene rings is 2. The molecular weight excluding hydrogens is 346 g/mol. The van der Waals surface area contributed by atoms with Crippen LogP contribution in [0.5, 0.6) is 11.5 Å². The van der Waals surface area contributed by atoms with E-state index in [2.05, 4.69) is 12.1 Å². The van der Waals surface area contributed by atoms with E-state index >= 15 is 0 Å². The van der Waals surface area contributed by atoms with Crippen molar-refractivity contribution >= 4 is 17.7 Å². The van der Waals surface area contributed by atoms with Crippen molar-refractivity contribution in [3.63, 3.8) is 0 Å². The second-order valence-electron chi connectivity index (χ2n) is 6.29. The van der Waals surface area contributed by atoms with Gasteiger partial charge in [0.2, 0.25) is 5.91 Å². The molecule has 2 aromatic carbocycles. The van der Waals surface area contributed by atoms with Crippen LogP contribution in [-0.2, 0) is 4.79 Å². The fourth-order valence-corrected chi connectivity index (χ4v) is 3.97. The van der Waals surface area contributed by atoms with Crippen LogP contribution in [0.3, 0.4) is 0 Å². The molecule has 5 heteroatoms. The molecule has 0 aliphatic carbocycles. The number of hydrogen-bond donors (Lipinski definition) is 0. The minimum absolute atomic E-state index is 0.208. The smallest absolute Gasteiger partial charge is 0.232 e. The maximum Gasteiger partial charge on any atom is 0.232 e. The normalized spacial score (nSPS) is 16.5. The van der Waals surface area contributed by atoms with Gasteiger partial charge in [0.05, 0.1) is 19.5 Å². The average Bonchev–Trinajstić information content (AvgIpc) is 3.18. The summed E-state index contributed by atoms with van der Waals surface area (Å²) in [7, 11) is 1.67. The lowest BCUT2D eigenvalue weighted by Gasteiger charge is -2.17. The van der Waals surface area contributed by atoms with Crippen LogP contribution in [0.1, 0.15) is 24.8 Å². The maximum absolute atomic E-state index is 12.5. The summed E-state index contributed by atoms with van der Waals surface area (Å²) in [5, 5.41) is 0. The number of ether oxygens (including phenoxy) is 2. The van der Waals surface area contributed by atoms with Crippen molar-refractivity contribution in [2.24, 2.45) is 0 Å². The number of hydrogen-bond acceptors (Lipinski definition) is 4. The molecule has 138 valence electrons. The topological polar surface area (TPSA) is 38.8 Å². The van der Waals surface area contributed by atoms with Gasteiger partial charge < -0.3 is 14.4 Å². The van der Waals surface area contributed by atoms with Crippen LogP contribution >= 0.6 is 11.8 Å². The Balaban J connectivity index is 1.49. The lowest BCUT2D eigenvalue weighted by Crippen LogP contribution is -2.29. The van der Waals surface area contributed by atoms with Crippen LogP contribution in [0, 0.1) is 0 Å². The number of thioether (sulfide) groups is 1. The molecule has 26 heavy (non-hydrogen) atoms. The molecule has 0 spiro atoms. The highest BCUT2D eigenvalue weighted by Crippen LogP contribution is 2.29. The quantitative estimate of drug-likeness (QED) is 0.684. The van der Waals surface area contributed by atoms with Gasteiger partial charge in [-0.15, -0.1) is 11.8 Å². The van der Waals surface area contributed by atoms with E-state index in [0.29, 0.717) is 18.3 Å². The molecule has 1 amide bonds. The Bertz CT molecular complexity index is 715. The Morgan fingerprint density at radius 1 is 1.12 bits per heavy atom. The summed E-state index contributed by atoms with van der Waals surface area (Å²) >= 11 is 1.58. The Labute approximate surface area is 159 Å². The van der Waals surface area contributed by atoms with Gasteiger partial charge in [-0.2, -0.15) is 0 Å². The van der Waals surface area contributed by atoms with Crippen LogP contribution in [0.2, 0.25) is 0 Å². The van der Waals surface area contributed by atoms with Crippen LogP contribution in [0.15, 0.2) is 53.4 Å². The van der Waals surface area contributed by atoms with Crippen molar-refractivity contribution in [3.8, 4) is 11.5 Å². The van der Waals surface area contributed by atoms with E-state index in [0.717, 1.165) is 35.9 Å². The molecular formula is C21H25NO3S. The number of carbonyl (C=O) groups is 1. The van der Waals surface area contributed by atoms with E-state index in [4.69, 9.17) is 9.47 Å². The Hall–Kier alpha value is -2.14. The second kappa shape index (κ2) is 8.99. The highest BCUT2D eigenvalue weighted by atomic mass is 32.2. The molecule has 3 rings (SSSR count). The van der Waals surface area contributed by atoms with Gasteiger partial charge in [-0.1, -0.05) is 12.1 Å². The lowest BCUT2D eigenvalue weighted by molar-refractivity contribution is -0.127. The third-order valence-corrected chi connectivity index (χ3v) is 5.62. The van der Waals surface area contributed by atoms with E-state index in [9.17, 15) is 4.79 Å². The molecule has 0 bridgehead atoms. The zero-order chi connectivity index (χ0) is 18.4. The van der Waals surface area contributed by atoms with Gasteiger partial charge in [0, 0.05) is 23.9 Å². The zero-order valence-electron chi connectivity index (χ0n) is 15.3. The van der Waals surface area contributed by atoms with Crippen molar-refractivity contribution in [3.05, 3.63) is 54.1 Å². The van der Waals surface area contributed by atoms with Crippen LogP contribution in [0.25, 0.3) is 0 Å². The average molecular weight is 372 g/mol. The molecule has 1 unspecified atom stereocenters. The molecule has 0 aromatic heterocycles. The number of nitrogens with zero attached hydrogens (tertiary/aromatic N) is 1. The van der Waals surface area contributed by atoms with Gasteiger partial charge in [-0.05, 0) is 55.3 Å². The summed E-state index contributed by atoms with van der Waals surface area (Å²) in [5.41, 5.74) is 1.28. The van der Waals surface area contributed by atoms with Crippen molar-refractivity contribution in [2.45, 2.75) is 24.2 Å². The third kappa shape index (κ3) is 4.73. The summed E-state index contributed by atoms with van der Waals surface area (Å²) in [5.74, 6) is 2.83. The predicted octanol–water partition coefficient (Wildman–Crippen LogP) is 4.20. The fourth-order valence-electron chi connectivity index (χ4n) is 3.17. The Kier molecular flexibility index (Phi) is 6.45. The molecule has 1 saturated heterocycles. The molecule has 0 N–H and O–H groups in total. The third-order valence-electron chi connectivity index (χ3n) is 4.63. The first-order valence-corrected chi connectivity index (χ1v) is 9.95. The van der Waals surface area contributed by atoms with Gasteiger partial charge in [0.15, 0.2) is 0 Å². The molecule has 1 aliphatic rings. The Morgan fingerprint density at radius 3 is 2.46 bits per heavy atom. The first-order chi connectivity index (χ1) is 12.7. The van der Waals surface area contributed by atoms with E-state index in [1.165, 1.54) is 5.56 Å². The van der Waals surface area contributed by atoms with Crippen molar-refractivity contribution in [2.75, 3.05) is 32.6 Å². The van der Waals surface area contributed by atoms with Crippen molar-refractivity contribution in [1.82, 2.24) is 4.90 Å². The first kappa shape index (κ1) is 18.6. The predicted molar refractivity (Wildman–Crippen MR) is 105 cm³/mol. The second-order valence-corrected chi connectivity index (χ2v) is 7.34. The number of rotatable bonds is 7. The van der Waals surface area contributed by atoms with E-state index in [1.807, 2.05) is 48.2 Å². The molecule has 0 radical (unpaired) electrons. The number of methoxy groups -OCH3 is 1. The number of carbonyl (C=O) groups excluding carboxylic acids is 1. The summed E-state index contributed by atoms with van der Waals surface area (Å²) in [6.07, 6.45) is 1.02. The van der Waals surface area contributed by atoms with E-state index in [-0.39, 0.29) is 5.91 Å². The standard InChI is InChI=1S/C21H25NO3S/c1-3-25-19-8-10-20(11-9-19)26-15-21(23)22-13-12-17(14-22)16-4-6-18(24-2)7-5-16/h4-11,17H,3,12-15H2,1-2H3. The maximum atomic E-state index is 12.5. The molecule has 1 fully saturated rings. The van der Waals surface area contributed by atoms with Crippen molar-refractivity contribution < 1.29 is 14.3 Å². The van der Waals surface area contributed by atoms with Gasteiger partial charge >= 0.3 is 0 Å². The SMILES string of the molecule is CCOc1ccc(SCC(=O)N2CCC(c3ccc(OC)cc3)C2)cc1. The fraction of sp³-hybridized carbons (Fsp3) is 0.381. The summed E-state index contributed by atoms with van der Waals surface area (Å²) in [4.78, 5) is 15.6. The summed E-state index contributed by atoms with van der Waals surface area (Å²) < 4.78 is 10.7. The molecule has 1 atom stereocenters. The number of amides is 1. The minimum Gasteiger partial charge on any atom is -0.497 e. The van der Waals surface area contributed by atoms with Crippen LogP contribution < -0.4 is 9.47 Å². The van der Waals surface area contributed by atoms with E-state index < -0.39 is 0 Å². The van der Waals surface area contributed by atoms with E-state index in [1.54, 1.807) is 18.9 Å². The van der Waals surface area contributed by atoms with Crippen LogP contribution in [0.4, 0.5) is 0 Å². The number of likely N-dealkylation sites (tertiary alicyclic amines) is 1. The van der Waals surface area contributed by atoms with Gasteiger partial charge in [-0.25, -0.2) is 0 Å². The molecule has 0 saturated carbocycles. The minimum atomic E-state index is 0.208. The van der Waals surface area contributed by atoms with Crippen LogP contribution in [-0.4, -0.2) is 43.4 Å². The van der Waals surface area contributed by atoms with Gasteiger partial charge in [0.1, 0.15) is 11.5 Å². The summed E-state index contributed by atoms with van der Waals surface area (Å²) in [6, 6.07) is 16.1. The zero-order valence-corrected chi connectivity index (χ0v) is 16.1. The molecule has 1 aliphatic heterocycles. The molecule has 4 nitrogen and oxygen atoms in total.